The lowest BCUT2D eigenvalue weighted by molar-refractivity contribution is 0.570. The first-order valence-electron chi connectivity index (χ1n) is 9.14. The third-order valence-corrected chi connectivity index (χ3v) is 5.54. The van der Waals surface area contributed by atoms with Crippen LogP contribution in [0.4, 0.5) is 33.2 Å². The summed E-state index contributed by atoms with van der Waals surface area (Å²) in [5.74, 6) is 0.935. The number of nitrogens with zero attached hydrogens (tertiary/aromatic N) is 3. The molecule has 2 aromatic heterocycles. The lowest BCUT2D eigenvalue weighted by Crippen LogP contribution is -2.14. The fourth-order valence-electron chi connectivity index (χ4n) is 2.70. The highest BCUT2D eigenvalue weighted by Gasteiger charge is 2.18. The van der Waals surface area contributed by atoms with Crippen LogP contribution in [0.15, 0.2) is 90.2 Å². The highest BCUT2D eigenvalue weighted by Crippen LogP contribution is 2.22. The normalized spacial score (nSPS) is 11.0. The number of halogens is 1. The largest absolute Gasteiger partial charge is 0.340 e. The maximum atomic E-state index is 13.8. The van der Waals surface area contributed by atoms with Crippen molar-refractivity contribution in [2.45, 2.75) is 4.90 Å². The molecule has 0 aliphatic rings. The van der Waals surface area contributed by atoms with E-state index in [2.05, 4.69) is 30.3 Å². The van der Waals surface area contributed by atoms with Crippen molar-refractivity contribution in [2.75, 3.05) is 15.4 Å². The zero-order chi connectivity index (χ0) is 21.7. The number of anilines is 5. The summed E-state index contributed by atoms with van der Waals surface area (Å²) in [4.78, 5) is 12.1. The number of hydrogen-bond donors (Lipinski definition) is 3. The standard InChI is InChI=1S/C21H17FN6O2S/c22-17-5-1-2-6-18(17)31(29,30)28-16-10-8-15(9-11-16)26-20-13-21(25-14-24-20)27-19-7-3-4-12-23-19/h1-14,28H,(H2,23,24,25,26,27). The van der Waals surface area contributed by atoms with Gasteiger partial charge in [0.2, 0.25) is 0 Å². The second-order valence-electron chi connectivity index (χ2n) is 6.37. The number of aromatic nitrogens is 3. The van der Waals surface area contributed by atoms with Gasteiger partial charge in [0.1, 0.15) is 34.5 Å². The number of rotatable bonds is 7. The molecule has 0 aliphatic heterocycles. The van der Waals surface area contributed by atoms with Crippen LogP contribution in [0.1, 0.15) is 0 Å². The average molecular weight is 436 g/mol. The molecule has 10 heteroatoms. The summed E-state index contributed by atoms with van der Waals surface area (Å²) in [6.07, 6.45) is 3.08. The first-order valence-corrected chi connectivity index (χ1v) is 10.6. The lowest BCUT2D eigenvalue weighted by Gasteiger charge is -2.11. The van der Waals surface area contributed by atoms with Crippen LogP contribution in [0.25, 0.3) is 0 Å². The van der Waals surface area contributed by atoms with E-state index < -0.39 is 20.7 Å². The van der Waals surface area contributed by atoms with Gasteiger partial charge in [-0.3, -0.25) is 4.72 Å². The minimum absolute atomic E-state index is 0.300. The van der Waals surface area contributed by atoms with Gasteiger partial charge in [-0.1, -0.05) is 18.2 Å². The minimum Gasteiger partial charge on any atom is -0.340 e. The van der Waals surface area contributed by atoms with Crippen molar-refractivity contribution >= 4 is 38.9 Å². The molecule has 156 valence electrons. The van der Waals surface area contributed by atoms with Crippen molar-refractivity contribution in [3.63, 3.8) is 0 Å². The number of hydrogen-bond acceptors (Lipinski definition) is 7. The summed E-state index contributed by atoms with van der Waals surface area (Å²) in [7, 11) is -4.03. The van der Waals surface area contributed by atoms with Crippen LogP contribution in [-0.2, 0) is 10.0 Å². The Kier molecular flexibility index (Phi) is 5.72. The topological polar surface area (TPSA) is 109 Å². The Morgan fingerprint density at radius 1 is 0.710 bits per heavy atom. The lowest BCUT2D eigenvalue weighted by atomic mass is 10.3. The van der Waals surface area contributed by atoms with Crippen molar-refractivity contribution in [1.29, 1.82) is 0 Å². The van der Waals surface area contributed by atoms with Crippen LogP contribution in [0.3, 0.4) is 0 Å². The van der Waals surface area contributed by atoms with Gasteiger partial charge in [-0.15, -0.1) is 0 Å². The number of nitrogens with one attached hydrogen (secondary N) is 3. The fourth-order valence-corrected chi connectivity index (χ4v) is 3.84. The molecular weight excluding hydrogens is 419 g/mol. The third-order valence-electron chi connectivity index (χ3n) is 4.12. The van der Waals surface area contributed by atoms with E-state index in [1.165, 1.54) is 24.5 Å². The fraction of sp³-hybridized carbons (Fsp3) is 0. The van der Waals surface area contributed by atoms with Crippen LogP contribution >= 0.6 is 0 Å². The van der Waals surface area contributed by atoms with E-state index >= 15 is 0 Å². The second-order valence-corrected chi connectivity index (χ2v) is 8.02. The van der Waals surface area contributed by atoms with E-state index in [9.17, 15) is 12.8 Å². The molecule has 3 N–H and O–H groups in total. The molecule has 0 saturated heterocycles. The Labute approximate surface area is 178 Å². The van der Waals surface area contributed by atoms with Crippen molar-refractivity contribution in [2.24, 2.45) is 0 Å². The van der Waals surface area contributed by atoms with Gasteiger partial charge in [-0.05, 0) is 48.5 Å². The van der Waals surface area contributed by atoms with E-state index in [0.29, 0.717) is 28.8 Å². The van der Waals surface area contributed by atoms with Crippen molar-refractivity contribution in [1.82, 2.24) is 15.0 Å². The zero-order valence-electron chi connectivity index (χ0n) is 16.0. The Morgan fingerprint density at radius 3 is 2.10 bits per heavy atom. The van der Waals surface area contributed by atoms with Crippen molar-refractivity contribution < 1.29 is 12.8 Å². The van der Waals surface area contributed by atoms with Crippen LogP contribution in [-0.4, -0.2) is 23.4 Å². The summed E-state index contributed by atoms with van der Waals surface area (Å²) in [6, 6.07) is 18.9. The highest BCUT2D eigenvalue weighted by molar-refractivity contribution is 7.92. The third kappa shape index (κ3) is 5.11. The van der Waals surface area contributed by atoms with Crippen LogP contribution in [0.5, 0.6) is 0 Å². The molecule has 4 aromatic rings. The molecule has 0 unspecified atom stereocenters. The van der Waals surface area contributed by atoms with E-state index in [4.69, 9.17) is 0 Å². The smallest absolute Gasteiger partial charge is 0.264 e. The van der Waals surface area contributed by atoms with E-state index in [1.807, 2.05) is 18.2 Å². The minimum atomic E-state index is -4.03. The molecule has 4 rings (SSSR count). The monoisotopic (exact) mass is 436 g/mol. The van der Waals surface area contributed by atoms with E-state index in [0.717, 1.165) is 6.07 Å². The Morgan fingerprint density at radius 2 is 1.39 bits per heavy atom. The van der Waals surface area contributed by atoms with Crippen LogP contribution in [0, 0.1) is 5.82 Å². The molecule has 0 fully saturated rings. The molecule has 2 aromatic carbocycles. The average Bonchev–Trinajstić information content (AvgIpc) is 2.76. The van der Waals surface area contributed by atoms with Gasteiger partial charge < -0.3 is 10.6 Å². The maximum absolute atomic E-state index is 13.8. The van der Waals surface area contributed by atoms with Gasteiger partial charge in [0.05, 0.1) is 0 Å². The molecular formula is C21H17FN6O2S. The molecule has 2 heterocycles. The predicted molar refractivity (Wildman–Crippen MR) is 116 cm³/mol. The molecule has 0 radical (unpaired) electrons. The number of benzene rings is 2. The van der Waals surface area contributed by atoms with Crippen molar-refractivity contribution in [3.05, 3.63) is 91.1 Å². The number of pyridine rings is 1. The summed E-state index contributed by atoms with van der Waals surface area (Å²) >= 11 is 0. The zero-order valence-corrected chi connectivity index (χ0v) is 16.8. The predicted octanol–water partition coefficient (Wildman–Crippen LogP) is 4.30. The Hall–Kier alpha value is -4.05. The Balaban J connectivity index is 1.44. The summed E-state index contributed by atoms with van der Waals surface area (Å²) in [5, 5.41) is 6.19. The summed E-state index contributed by atoms with van der Waals surface area (Å²) < 4.78 is 41.0. The van der Waals surface area contributed by atoms with Gasteiger partial charge in [0.25, 0.3) is 10.0 Å². The van der Waals surface area contributed by atoms with E-state index in [1.54, 1.807) is 36.5 Å². The Bertz CT molecular complexity index is 1280. The highest BCUT2D eigenvalue weighted by atomic mass is 32.2. The first-order chi connectivity index (χ1) is 15.0. The van der Waals surface area contributed by atoms with Crippen molar-refractivity contribution in [3.8, 4) is 0 Å². The van der Waals surface area contributed by atoms with Crippen LogP contribution in [0.2, 0.25) is 0 Å². The number of sulfonamides is 1. The first kappa shape index (κ1) is 20.2. The van der Waals surface area contributed by atoms with Gasteiger partial charge in [-0.25, -0.2) is 27.8 Å². The summed E-state index contributed by atoms with van der Waals surface area (Å²) in [5.41, 5.74) is 0.977. The molecule has 0 aliphatic carbocycles. The molecule has 0 amide bonds. The summed E-state index contributed by atoms with van der Waals surface area (Å²) in [6.45, 7) is 0. The molecule has 0 atom stereocenters. The SMILES string of the molecule is O=S(=O)(Nc1ccc(Nc2cc(Nc3ccccn3)ncn2)cc1)c1ccccc1F. The van der Waals surface area contributed by atoms with Gasteiger partial charge in [0.15, 0.2) is 0 Å². The molecule has 8 nitrogen and oxygen atoms in total. The second kappa shape index (κ2) is 8.76. The quantitative estimate of drug-likeness (QED) is 0.396. The van der Waals surface area contributed by atoms with Crippen LogP contribution < -0.4 is 15.4 Å². The molecule has 31 heavy (non-hydrogen) atoms. The molecule has 0 saturated carbocycles. The van der Waals surface area contributed by atoms with Gasteiger partial charge in [0, 0.05) is 23.6 Å². The van der Waals surface area contributed by atoms with Gasteiger partial charge >= 0.3 is 0 Å². The molecule has 0 spiro atoms. The van der Waals surface area contributed by atoms with E-state index in [-0.39, 0.29) is 0 Å². The van der Waals surface area contributed by atoms with Gasteiger partial charge in [-0.2, -0.15) is 0 Å². The maximum Gasteiger partial charge on any atom is 0.264 e. The molecule has 0 bridgehead atoms.